The van der Waals surface area contributed by atoms with Crippen molar-refractivity contribution in [1.29, 1.82) is 0 Å². The lowest BCUT2D eigenvalue weighted by atomic mass is 10.1. The number of nitrogens with zero attached hydrogens (tertiary/aromatic N) is 2. The Morgan fingerprint density at radius 1 is 1.13 bits per heavy atom. The van der Waals surface area contributed by atoms with Gasteiger partial charge in [-0.3, -0.25) is 0 Å². The van der Waals surface area contributed by atoms with Gasteiger partial charge in [0.25, 0.3) is 0 Å². The number of aryl methyl sites for hydroxylation is 2. The van der Waals surface area contributed by atoms with Crippen LogP contribution < -0.4 is 5.73 Å². The third-order valence-corrected chi connectivity index (χ3v) is 2.78. The van der Waals surface area contributed by atoms with Gasteiger partial charge in [0.1, 0.15) is 0 Å². The van der Waals surface area contributed by atoms with Crippen LogP contribution in [0.15, 0.2) is 24.4 Å². The van der Waals surface area contributed by atoms with Crippen LogP contribution in [0.1, 0.15) is 16.8 Å². The molecule has 0 unspecified atom stereocenters. The number of rotatable bonds is 1. The number of hydrogen-bond acceptors (Lipinski definition) is 2. The highest BCUT2D eigenvalue weighted by Crippen LogP contribution is 2.17. The Labute approximate surface area is 89.5 Å². The molecule has 3 nitrogen and oxygen atoms in total. The van der Waals surface area contributed by atoms with Gasteiger partial charge in [-0.05, 0) is 44.0 Å². The van der Waals surface area contributed by atoms with E-state index in [-0.39, 0.29) is 0 Å². The molecule has 0 saturated heterocycles. The van der Waals surface area contributed by atoms with Crippen LogP contribution in [0.3, 0.4) is 0 Å². The van der Waals surface area contributed by atoms with Crippen LogP contribution in [0.4, 0.5) is 5.69 Å². The molecule has 2 rings (SSSR count). The summed E-state index contributed by atoms with van der Waals surface area (Å²) in [5.41, 5.74) is 11.1. The molecule has 0 amide bonds. The molecule has 1 aromatic carbocycles. The molecular weight excluding hydrogens is 186 g/mol. The van der Waals surface area contributed by atoms with Crippen molar-refractivity contribution in [3.05, 3.63) is 41.2 Å². The van der Waals surface area contributed by atoms with Crippen molar-refractivity contribution in [2.45, 2.75) is 20.8 Å². The Bertz CT molecular complexity index is 498. The Balaban J connectivity index is 2.55. The molecule has 0 bridgehead atoms. The summed E-state index contributed by atoms with van der Waals surface area (Å²) in [4.78, 5) is 0. The largest absolute Gasteiger partial charge is 0.396 e. The summed E-state index contributed by atoms with van der Waals surface area (Å²) in [6, 6.07) is 6.28. The molecule has 0 atom stereocenters. The molecule has 1 aromatic heterocycles. The minimum absolute atomic E-state index is 0.730. The van der Waals surface area contributed by atoms with Crippen LogP contribution >= 0.6 is 0 Å². The second kappa shape index (κ2) is 3.42. The molecule has 2 N–H and O–H groups in total. The first-order valence-corrected chi connectivity index (χ1v) is 4.97. The highest BCUT2D eigenvalue weighted by atomic mass is 15.3. The van der Waals surface area contributed by atoms with Gasteiger partial charge in [0, 0.05) is 0 Å². The fourth-order valence-corrected chi connectivity index (χ4v) is 1.54. The Kier molecular flexibility index (Phi) is 2.23. The van der Waals surface area contributed by atoms with Crippen molar-refractivity contribution in [1.82, 2.24) is 9.78 Å². The molecule has 0 saturated carbocycles. The average Bonchev–Trinajstić information content (AvgIpc) is 2.53. The van der Waals surface area contributed by atoms with Gasteiger partial charge in [0.2, 0.25) is 0 Å². The number of hydrogen-bond donors (Lipinski definition) is 1. The quantitative estimate of drug-likeness (QED) is 0.769. The van der Waals surface area contributed by atoms with Crippen molar-refractivity contribution in [3.63, 3.8) is 0 Å². The standard InChI is InChI=1S/C12H15N3/c1-8-4-5-11(6-9(8)2)15-10(3)12(13)7-14-15/h4-7H,13H2,1-3H3. The first-order valence-electron chi connectivity index (χ1n) is 4.97. The first-order chi connectivity index (χ1) is 7.09. The fraction of sp³-hybridized carbons (Fsp3) is 0.250. The van der Waals surface area contributed by atoms with Crippen molar-refractivity contribution in [2.75, 3.05) is 5.73 Å². The maximum absolute atomic E-state index is 5.76. The third-order valence-electron chi connectivity index (χ3n) is 2.78. The third kappa shape index (κ3) is 1.61. The lowest BCUT2D eigenvalue weighted by Gasteiger charge is -2.07. The minimum Gasteiger partial charge on any atom is -0.396 e. The zero-order chi connectivity index (χ0) is 11.0. The summed E-state index contributed by atoms with van der Waals surface area (Å²) in [6.45, 7) is 6.17. The molecule has 0 aliphatic carbocycles. The Morgan fingerprint density at radius 3 is 2.40 bits per heavy atom. The highest BCUT2D eigenvalue weighted by molar-refractivity contribution is 5.47. The normalized spacial score (nSPS) is 10.6. The van der Waals surface area contributed by atoms with Gasteiger partial charge in [-0.2, -0.15) is 5.10 Å². The van der Waals surface area contributed by atoms with Crippen molar-refractivity contribution >= 4 is 5.69 Å². The van der Waals surface area contributed by atoms with Crippen molar-refractivity contribution < 1.29 is 0 Å². The topological polar surface area (TPSA) is 43.8 Å². The zero-order valence-corrected chi connectivity index (χ0v) is 9.28. The average molecular weight is 201 g/mol. The van der Waals surface area contributed by atoms with Gasteiger partial charge in [-0.1, -0.05) is 6.07 Å². The number of nitrogen functional groups attached to an aromatic ring is 1. The van der Waals surface area contributed by atoms with E-state index in [0.29, 0.717) is 0 Å². The maximum Gasteiger partial charge on any atom is 0.0734 e. The predicted molar refractivity (Wildman–Crippen MR) is 62.2 cm³/mol. The number of aromatic nitrogens is 2. The van der Waals surface area contributed by atoms with Crippen molar-refractivity contribution in [3.8, 4) is 5.69 Å². The second-order valence-corrected chi connectivity index (χ2v) is 3.87. The van der Waals surface area contributed by atoms with Gasteiger partial charge >= 0.3 is 0 Å². The van der Waals surface area contributed by atoms with Gasteiger partial charge in [-0.15, -0.1) is 0 Å². The first kappa shape index (κ1) is 9.77. The van der Waals surface area contributed by atoms with E-state index in [9.17, 15) is 0 Å². The Morgan fingerprint density at radius 2 is 1.87 bits per heavy atom. The molecular formula is C12H15N3. The van der Waals surface area contributed by atoms with Gasteiger partial charge in [-0.25, -0.2) is 4.68 Å². The maximum atomic E-state index is 5.76. The molecule has 3 heteroatoms. The van der Waals surface area contributed by atoms with E-state index >= 15 is 0 Å². The molecule has 1 heterocycles. The number of benzene rings is 1. The van der Waals surface area contributed by atoms with E-state index in [0.717, 1.165) is 17.1 Å². The second-order valence-electron chi connectivity index (χ2n) is 3.87. The van der Waals surface area contributed by atoms with Crippen molar-refractivity contribution in [2.24, 2.45) is 0 Å². The number of nitrogens with two attached hydrogens (primary N) is 1. The summed E-state index contributed by atoms with van der Waals surface area (Å²) >= 11 is 0. The van der Waals surface area contributed by atoms with E-state index in [1.165, 1.54) is 11.1 Å². The molecule has 0 aliphatic heterocycles. The van der Waals surface area contributed by atoms with Gasteiger partial charge in [0.05, 0.1) is 23.3 Å². The summed E-state index contributed by atoms with van der Waals surface area (Å²) in [5.74, 6) is 0. The predicted octanol–water partition coefficient (Wildman–Crippen LogP) is 2.38. The SMILES string of the molecule is Cc1ccc(-n2ncc(N)c2C)cc1C. The van der Waals surface area contributed by atoms with E-state index in [2.05, 4.69) is 37.1 Å². The Hall–Kier alpha value is -1.77. The molecule has 78 valence electrons. The minimum atomic E-state index is 0.730. The van der Waals surface area contributed by atoms with E-state index in [1.807, 2.05) is 11.6 Å². The van der Waals surface area contributed by atoms with Crippen LogP contribution in [0.5, 0.6) is 0 Å². The monoisotopic (exact) mass is 201 g/mol. The number of anilines is 1. The van der Waals surface area contributed by atoms with Crippen LogP contribution in [-0.4, -0.2) is 9.78 Å². The van der Waals surface area contributed by atoms with E-state index in [1.54, 1.807) is 6.20 Å². The molecule has 0 radical (unpaired) electrons. The summed E-state index contributed by atoms with van der Waals surface area (Å²) in [5, 5.41) is 4.25. The fourth-order valence-electron chi connectivity index (χ4n) is 1.54. The highest BCUT2D eigenvalue weighted by Gasteiger charge is 2.05. The molecule has 2 aromatic rings. The molecule has 0 fully saturated rings. The lowest BCUT2D eigenvalue weighted by Crippen LogP contribution is -2.00. The van der Waals surface area contributed by atoms with Crippen LogP contribution in [0.25, 0.3) is 5.69 Å². The smallest absolute Gasteiger partial charge is 0.0734 e. The van der Waals surface area contributed by atoms with Crippen LogP contribution in [-0.2, 0) is 0 Å². The summed E-state index contributed by atoms with van der Waals surface area (Å²) < 4.78 is 1.86. The molecule has 15 heavy (non-hydrogen) atoms. The van der Waals surface area contributed by atoms with Crippen LogP contribution in [0.2, 0.25) is 0 Å². The molecule has 0 spiro atoms. The lowest BCUT2D eigenvalue weighted by molar-refractivity contribution is 0.846. The van der Waals surface area contributed by atoms with Gasteiger partial charge in [0.15, 0.2) is 0 Å². The summed E-state index contributed by atoms with van der Waals surface area (Å²) in [7, 11) is 0. The van der Waals surface area contributed by atoms with E-state index in [4.69, 9.17) is 5.73 Å². The zero-order valence-electron chi connectivity index (χ0n) is 9.28. The van der Waals surface area contributed by atoms with E-state index < -0.39 is 0 Å². The van der Waals surface area contributed by atoms with Crippen LogP contribution in [0, 0.1) is 20.8 Å². The molecule has 0 aliphatic rings. The van der Waals surface area contributed by atoms with Gasteiger partial charge < -0.3 is 5.73 Å². The summed E-state index contributed by atoms with van der Waals surface area (Å²) in [6.07, 6.45) is 1.69.